The fourth-order valence-corrected chi connectivity index (χ4v) is 3.78. The molecule has 0 aliphatic carbocycles. The molecule has 0 radical (unpaired) electrons. The first kappa shape index (κ1) is 20.8. The van der Waals surface area contributed by atoms with Crippen LogP contribution in [0.15, 0.2) is 59.6 Å². The lowest BCUT2D eigenvalue weighted by molar-refractivity contribution is 0.129. The van der Waals surface area contributed by atoms with Crippen LogP contribution in [-0.4, -0.2) is 49.7 Å². The third kappa shape index (κ3) is 5.10. The molecule has 5 nitrogen and oxygen atoms in total. The molecule has 0 spiro atoms. The fraction of sp³-hybridized carbons (Fsp3) is 0.409. The van der Waals surface area contributed by atoms with Crippen LogP contribution in [-0.2, 0) is 6.42 Å². The molecule has 2 aliphatic heterocycles. The number of ether oxygens (including phenoxy) is 2. The number of fused-ring (bicyclic) bond motifs is 1. The van der Waals surface area contributed by atoms with Crippen molar-refractivity contribution < 1.29 is 9.47 Å². The Labute approximate surface area is 184 Å². The predicted octanol–water partition coefficient (Wildman–Crippen LogP) is 3.73. The standard InChI is InChI=1S/C22H27N3O2.HI/c1-23-22(24-16-20-15-17-7-5-6-10-21(17)27-20)25-13-11-19(12-14-25)26-18-8-3-2-4-9-18;/h2-10,19-20H,11-16H2,1H3,(H,23,24);1H. The summed E-state index contributed by atoms with van der Waals surface area (Å²) in [5, 5.41) is 3.49. The molecule has 2 aromatic carbocycles. The van der Waals surface area contributed by atoms with Crippen LogP contribution in [0, 0.1) is 0 Å². The molecule has 1 atom stereocenters. The Bertz CT molecular complexity index is 751. The average Bonchev–Trinajstić information content (AvgIpc) is 3.13. The van der Waals surface area contributed by atoms with E-state index in [0.29, 0.717) is 0 Å². The Morgan fingerprint density at radius 3 is 2.54 bits per heavy atom. The third-order valence-electron chi connectivity index (χ3n) is 5.20. The lowest BCUT2D eigenvalue weighted by Gasteiger charge is -2.34. The maximum Gasteiger partial charge on any atom is 0.193 e. The van der Waals surface area contributed by atoms with Gasteiger partial charge in [0.2, 0.25) is 0 Å². The SMILES string of the molecule is CN=C(NCC1Cc2ccccc2O1)N1CCC(Oc2ccccc2)CC1.I. The summed E-state index contributed by atoms with van der Waals surface area (Å²) in [6, 6.07) is 18.4. The van der Waals surface area contributed by atoms with Crippen molar-refractivity contribution >= 4 is 29.9 Å². The second-order valence-corrected chi connectivity index (χ2v) is 7.10. The zero-order chi connectivity index (χ0) is 18.5. The van der Waals surface area contributed by atoms with Crippen molar-refractivity contribution in [3.05, 3.63) is 60.2 Å². The van der Waals surface area contributed by atoms with Gasteiger partial charge in [-0.15, -0.1) is 24.0 Å². The van der Waals surface area contributed by atoms with Gasteiger partial charge in [0, 0.05) is 39.4 Å². The fourth-order valence-electron chi connectivity index (χ4n) is 3.78. The van der Waals surface area contributed by atoms with Crippen molar-refractivity contribution in [2.45, 2.75) is 31.5 Å². The van der Waals surface area contributed by atoms with Gasteiger partial charge in [0.25, 0.3) is 0 Å². The highest BCUT2D eigenvalue weighted by Crippen LogP contribution is 2.27. The first-order chi connectivity index (χ1) is 13.3. The third-order valence-corrected chi connectivity index (χ3v) is 5.20. The summed E-state index contributed by atoms with van der Waals surface area (Å²) >= 11 is 0. The summed E-state index contributed by atoms with van der Waals surface area (Å²) in [5.41, 5.74) is 1.29. The highest BCUT2D eigenvalue weighted by atomic mass is 127. The molecular weight excluding hydrogens is 465 g/mol. The van der Waals surface area contributed by atoms with Crippen molar-refractivity contribution in [3.63, 3.8) is 0 Å². The van der Waals surface area contributed by atoms with Gasteiger partial charge < -0.3 is 19.7 Å². The highest BCUT2D eigenvalue weighted by Gasteiger charge is 2.25. The van der Waals surface area contributed by atoms with E-state index in [9.17, 15) is 0 Å². The smallest absolute Gasteiger partial charge is 0.193 e. The van der Waals surface area contributed by atoms with E-state index < -0.39 is 0 Å². The lowest BCUT2D eigenvalue weighted by Crippen LogP contribution is -2.49. The van der Waals surface area contributed by atoms with Gasteiger partial charge in [-0.3, -0.25) is 4.99 Å². The van der Waals surface area contributed by atoms with Crippen molar-refractivity contribution in [1.29, 1.82) is 0 Å². The summed E-state index contributed by atoms with van der Waals surface area (Å²) in [7, 11) is 1.85. The Morgan fingerprint density at radius 1 is 1.11 bits per heavy atom. The second kappa shape index (κ2) is 10.0. The minimum absolute atomic E-state index is 0. The molecule has 0 bridgehead atoms. The maximum atomic E-state index is 6.09. The Balaban J connectivity index is 0.00000225. The number of rotatable bonds is 4. The van der Waals surface area contributed by atoms with E-state index >= 15 is 0 Å². The first-order valence-corrected chi connectivity index (χ1v) is 9.73. The number of hydrogen-bond donors (Lipinski definition) is 1. The molecule has 6 heteroatoms. The van der Waals surface area contributed by atoms with Crippen molar-refractivity contribution in [3.8, 4) is 11.5 Å². The molecule has 1 N–H and O–H groups in total. The molecule has 1 saturated heterocycles. The first-order valence-electron chi connectivity index (χ1n) is 9.73. The average molecular weight is 493 g/mol. The molecule has 2 aliphatic rings. The summed E-state index contributed by atoms with van der Waals surface area (Å²) < 4.78 is 12.1. The number of guanidine groups is 1. The van der Waals surface area contributed by atoms with E-state index in [2.05, 4.69) is 27.3 Å². The van der Waals surface area contributed by atoms with Crippen LogP contribution >= 0.6 is 24.0 Å². The Morgan fingerprint density at radius 2 is 1.82 bits per heavy atom. The Hall–Kier alpha value is -1.96. The minimum Gasteiger partial charge on any atom is -0.490 e. The van der Waals surface area contributed by atoms with E-state index in [1.54, 1.807) is 0 Å². The van der Waals surface area contributed by atoms with E-state index in [-0.39, 0.29) is 36.2 Å². The molecular formula is C22H28IN3O2. The molecule has 4 rings (SSSR count). The summed E-state index contributed by atoms with van der Waals surface area (Å²) in [5.74, 6) is 2.92. The molecule has 28 heavy (non-hydrogen) atoms. The number of nitrogens with one attached hydrogen (secondary N) is 1. The number of halogens is 1. The van der Waals surface area contributed by atoms with Crippen LogP contribution in [0.4, 0.5) is 0 Å². The molecule has 150 valence electrons. The molecule has 1 unspecified atom stereocenters. The van der Waals surface area contributed by atoms with Gasteiger partial charge in [0.15, 0.2) is 5.96 Å². The molecule has 0 aromatic heterocycles. The zero-order valence-electron chi connectivity index (χ0n) is 16.2. The normalized spacial score (nSPS) is 19.4. The van der Waals surface area contributed by atoms with Gasteiger partial charge in [-0.25, -0.2) is 0 Å². The van der Waals surface area contributed by atoms with Crippen LogP contribution in [0.25, 0.3) is 0 Å². The zero-order valence-corrected chi connectivity index (χ0v) is 18.5. The number of likely N-dealkylation sites (tertiary alicyclic amines) is 1. The minimum atomic E-state index is 0. The van der Waals surface area contributed by atoms with Crippen molar-refractivity contribution in [2.75, 3.05) is 26.7 Å². The summed E-state index contributed by atoms with van der Waals surface area (Å²) in [4.78, 5) is 6.78. The van der Waals surface area contributed by atoms with Gasteiger partial charge in [-0.2, -0.15) is 0 Å². The number of para-hydroxylation sites is 2. The second-order valence-electron chi connectivity index (χ2n) is 7.10. The monoisotopic (exact) mass is 493 g/mol. The molecule has 0 amide bonds. The molecule has 2 heterocycles. The van der Waals surface area contributed by atoms with Crippen LogP contribution < -0.4 is 14.8 Å². The molecule has 2 aromatic rings. The van der Waals surface area contributed by atoms with Gasteiger partial charge in [-0.05, 0) is 23.8 Å². The topological polar surface area (TPSA) is 46.1 Å². The number of nitrogens with zero attached hydrogens (tertiary/aromatic N) is 2. The van der Waals surface area contributed by atoms with Gasteiger partial charge in [0.1, 0.15) is 23.7 Å². The maximum absolute atomic E-state index is 6.09. The van der Waals surface area contributed by atoms with E-state index in [1.165, 1.54) is 5.56 Å². The largest absolute Gasteiger partial charge is 0.490 e. The van der Waals surface area contributed by atoms with Gasteiger partial charge in [-0.1, -0.05) is 36.4 Å². The number of benzene rings is 2. The van der Waals surface area contributed by atoms with Gasteiger partial charge >= 0.3 is 0 Å². The van der Waals surface area contributed by atoms with Crippen LogP contribution in [0.1, 0.15) is 18.4 Å². The van der Waals surface area contributed by atoms with Crippen LogP contribution in [0.5, 0.6) is 11.5 Å². The highest BCUT2D eigenvalue weighted by molar-refractivity contribution is 14.0. The summed E-state index contributed by atoms with van der Waals surface area (Å²) in [6.45, 7) is 2.66. The Kier molecular flexibility index (Phi) is 7.42. The lowest BCUT2D eigenvalue weighted by atomic mass is 10.1. The summed E-state index contributed by atoms with van der Waals surface area (Å²) in [6.07, 6.45) is 3.39. The van der Waals surface area contributed by atoms with Crippen molar-refractivity contribution in [1.82, 2.24) is 10.2 Å². The molecule has 0 saturated carbocycles. The number of piperidine rings is 1. The predicted molar refractivity (Wildman–Crippen MR) is 123 cm³/mol. The van der Waals surface area contributed by atoms with E-state index in [4.69, 9.17) is 9.47 Å². The number of hydrogen-bond acceptors (Lipinski definition) is 3. The number of aliphatic imine (C=N–C) groups is 1. The molecule has 1 fully saturated rings. The van der Waals surface area contributed by atoms with Gasteiger partial charge in [0.05, 0.1) is 6.54 Å². The van der Waals surface area contributed by atoms with E-state index in [0.717, 1.165) is 56.4 Å². The van der Waals surface area contributed by atoms with Crippen molar-refractivity contribution in [2.24, 2.45) is 4.99 Å². The van der Waals surface area contributed by atoms with Crippen LogP contribution in [0.3, 0.4) is 0 Å². The van der Waals surface area contributed by atoms with E-state index in [1.807, 2.05) is 49.5 Å². The quantitative estimate of drug-likeness (QED) is 0.401. The van der Waals surface area contributed by atoms with Crippen LogP contribution in [0.2, 0.25) is 0 Å².